The van der Waals surface area contributed by atoms with Crippen molar-refractivity contribution < 1.29 is 14.7 Å². The van der Waals surface area contributed by atoms with Crippen LogP contribution in [0, 0.1) is 5.41 Å². The normalized spacial score (nSPS) is 23.3. The van der Waals surface area contributed by atoms with Crippen LogP contribution in [0.4, 0.5) is 0 Å². The highest BCUT2D eigenvalue weighted by molar-refractivity contribution is 6.04. The summed E-state index contributed by atoms with van der Waals surface area (Å²) in [7, 11) is 0. The molecule has 4 heteroatoms. The molecule has 0 spiro atoms. The average Bonchev–Trinajstić information content (AvgIpc) is 2.99. The number of nitrogens with zero attached hydrogens (tertiary/aromatic N) is 1. The summed E-state index contributed by atoms with van der Waals surface area (Å²) in [6, 6.07) is 0. The molecule has 0 unspecified atom stereocenters. The Morgan fingerprint density at radius 1 is 1.29 bits per heavy atom. The Hall–Kier alpha value is -1.32. The highest BCUT2D eigenvalue weighted by Gasteiger charge is 2.58. The van der Waals surface area contributed by atoms with Gasteiger partial charge < -0.3 is 10.0 Å². The summed E-state index contributed by atoms with van der Waals surface area (Å²) in [5, 5.41) is 8.94. The Labute approximate surface area is 82.2 Å². The highest BCUT2D eigenvalue weighted by Crippen LogP contribution is 2.47. The second-order valence-corrected chi connectivity index (χ2v) is 3.90. The van der Waals surface area contributed by atoms with Gasteiger partial charge in [-0.2, -0.15) is 0 Å². The predicted molar refractivity (Wildman–Crippen MR) is 49.6 cm³/mol. The van der Waals surface area contributed by atoms with Gasteiger partial charge in [-0.15, -0.1) is 0 Å². The topological polar surface area (TPSA) is 57.6 Å². The van der Waals surface area contributed by atoms with Gasteiger partial charge in [0.1, 0.15) is 5.41 Å². The third-order valence-electron chi connectivity index (χ3n) is 2.91. The molecule has 0 aromatic rings. The molecule has 1 aliphatic heterocycles. The summed E-state index contributed by atoms with van der Waals surface area (Å²) >= 11 is 0. The first-order valence-corrected chi connectivity index (χ1v) is 4.84. The molecule has 4 nitrogen and oxygen atoms in total. The van der Waals surface area contributed by atoms with Gasteiger partial charge in [0.05, 0.1) is 0 Å². The van der Waals surface area contributed by atoms with Crippen LogP contribution in [0.15, 0.2) is 12.2 Å². The van der Waals surface area contributed by atoms with Gasteiger partial charge in [0.15, 0.2) is 0 Å². The molecular weight excluding hydrogens is 182 g/mol. The summed E-state index contributed by atoms with van der Waals surface area (Å²) in [6.07, 6.45) is 5.77. The third kappa shape index (κ3) is 1.31. The van der Waals surface area contributed by atoms with E-state index < -0.39 is 11.4 Å². The van der Waals surface area contributed by atoms with E-state index in [0.717, 1.165) is 6.42 Å². The molecule has 0 bridgehead atoms. The Kier molecular flexibility index (Phi) is 2.06. The van der Waals surface area contributed by atoms with Crippen LogP contribution in [0.3, 0.4) is 0 Å². The van der Waals surface area contributed by atoms with E-state index in [-0.39, 0.29) is 5.91 Å². The molecule has 0 aromatic carbocycles. The van der Waals surface area contributed by atoms with Crippen molar-refractivity contribution in [1.29, 1.82) is 0 Å². The molecule has 0 saturated heterocycles. The number of hydrogen-bond donors (Lipinski definition) is 1. The van der Waals surface area contributed by atoms with Crippen LogP contribution >= 0.6 is 0 Å². The lowest BCUT2D eigenvalue weighted by atomic mass is 10.0. The van der Waals surface area contributed by atoms with Crippen molar-refractivity contribution in [3.05, 3.63) is 12.2 Å². The van der Waals surface area contributed by atoms with E-state index in [0.29, 0.717) is 25.9 Å². The largest absolute Gasteiger partial charge is 0.480 e. The minimum Gasteiger partial charge on any atom is -0.480 e. The number of amides is 1. The SMILES string of the molecule is O=C(O)C1(C(=O)N2CC=CCC2)CC1. The Morgan fingerprint density at radius 3 is 2.43 bits per heavy atom. The Morgan fingerprint density at radius 2 is 2.00 bits per heavy atom. The minimum atomic E-state index is -1.06. The van der Waals surface area contributed by atoms with Crippen molar-refractivity contribution in [3.8, 4) is 0 Å². The van der Waals surface area contributed by atoms with Crippen LogP contribution in [0.5, 0.6) is 0 Å². The van der Waals surface area contributed by atoms with Crippen LogP contribution in [-0.4, -0.2) is 35.0 Å². The summed E-state index contributed by atoms with van der Waals surface area (Å²) in [6.45, 7) is 1.22. The monoisotopic (exact) mass is 195 g/mol. The van der Waals surface area contributed by atoms with Crippen molar-refractivity contribution in [1.82, 2.24) is 4.90 Å². The first kappa shape index (κ1) is 9.24. The molecule has 1 fully saturated rings. The van der Waals surface area contributed by atoms with Crippen molar-refractivity contribution in [2.24, 2.45) is 5.41 Å². The van der Waals surface area contributed by atoms with E-state index in [4.69, 9.17) is 5.11 Å². The first-order chi connectivity index (χ1) is 6.67. The lowest BCUT2D eigenvalue weighted by Crippen LogP contribution is -2.42. The highest BCUT2D eigenvalue weighted by atomic mass is 16.4. The fraction of sp³-hybridized carbons (Fsp3) is 0.600. The maximum atomic E-state index is 11.8. The minimum absolute atomic E-state index is 0.200. The molecule has 2 aliphatic rings. The second-order valence-electron chi connectivity index (χ2n) is 3.90. The van der Waals surface area contributed by atoms with E-state index >= 15 is 0 Å². The van der Waals surface area contributed by atoms with E-state index in [1.54, 1.807) is 4.90 Å². The van der Waals surface area contributed by atoms with Gasteiger partial charge in [-0.3, -0.25) is 9.59 Å². The van der Waals surface area contributed by atoms with Crippen molar-refractivity contribution in [2.75, 3.05) is 13.1 Å². The second kappa shape index (κ2) is 3.12. The number of rotatable bonds is 2. The van der Waals surface area contributed by atoms with Crippen molar-refractivity contribution in [2.45, 2.75) is 19.3 Å². The van der Waals surface area contributed by atoms with Gasteiger partial charge in [-0.05, 0) is 19.3 Å². The fourth-order valence-electron chi connectivity index (χ4n) is 1.77. The first-order valence-electron chi connectivity index (χ1n) is 4.84. The van der Waals surface area contributed by atoms with E-state index in [2.05, 4.69) is 0 Å². The maximum Gasteiger partial charge on any atom is 0.319 e. The number of carboxylic acid groups (broad SMARTS) is 1. The quantitative estimate of drug-likeness (QED) is 0.519. The zero-order chi connectivity index (χ0) is 10.2. The molecule has 14 heavy (non-hydrogen) atoms. The van der Waals surface area contributed by atoms with Gasteiger partial charge in [0.25, 0.3) is 0 Å². The number of hydrogen-bond acceptors (Lipinski definition) is 2. The number of aliphatic carboxylic acids is 1. The lowest BCUT2D eigenvalue weighted by Gasteiger charge is -2.26. The third-order valence-corrected chi connectivity index (χ3v) is 2.91. The van der Waals surface area contributed by atoms with Gasteiger partial charge in [-0.1, -0.05) is 12.2 Å². The molecule has 1 heterocycles. The molecular formula is C10H13NO3. The molecule has 1 amide bonds. The number of carbonyl (C=O) groups is 2. The fourth-order valence-corrected chi connectivity index (χ4v) is 1.77. The van der Waals surface area contributed by atoms with Crippen molar-refractivity contribution in [3.63, 3.8) is 0 Å². The van der Waals surface area contributed by atoms with Crippen LogP contribution in [0.1, 0.15) is 19.3 Å². The van der Waals surface area contributed by atoms with Gasteiger partial charge in [-0.25, -0.2) is 0 Å². The molecule has 1 N–H and O–H groups in total. The van der Waals surface area contributed by atoms with E-state index in [1.165, 1.54) is 0 Å². The van der Waals surface area contributed by atoms with Gasteiger partial charge in [0.2, 0.25) is 5.91 Å². The summed E-state index contributed by atoms with van der Waals surface area (Å²) in [5.41, 5.74) is -1.06. The van der Waals surface area contributed by atoms with Crippen LogP contribution < -0.4 is 0 Å². The zero-order valence-corrected chi connectivity index (χ0v) is 7.90. The Bertz CT molecular complexity index is 304. The molecule has 0 radical (unpaired) electrons. The summed E-state index contributed by atoms with van der Waals surface area (Å²) in [5.74, 6) is -1.16. The lowest BCUT2D eigenvalue weighted by molar-refractivity contribution is -0.153. The molecule has 0 aromatic heterocycles. The maximum absolute atomic E-state index is 11.8. The molecule has 76 valence electrons. The molecule has 1 aliphatic carbocycles. The predicted octanol–water partition coefficient (Wildman–Crippen LogP) is 0.640. The van der Waals surface area contributed by atoms with Gasteiger partial charge >= 0.3 is 5.97 Å². The van der Waals surface area contributed by atoms with Gasteiger partial charge in [0, 0.05) is 13.1 Å². The number of carboxylic acids is 1. The van der Waals surface area contributed by atoms with Crippen LogP contribution in [0.25, 0.3) is 0 Å². The molecule has 0 atom stereocenters. The Balaban J connectivity index is 2.08. The van der Waals surface area contributed by atoms with Crippen molar-refractivity contribution >= 4 is 11.9 Å². The zero-order valence-electron chi connectivity index (χ0n) is 7.90. The average molecular weight is 195 g/mol. The standard InChI is InChI=1S/C10H13NO3/c12-8(10(4-5-10)9(13)14)11-6-2-1-3-7-11/h1-2H,3-7H2,(H,13,14). The van der Waals surface area contributed by atoms with E-state index in [9.17, 15) is 9.59 Å². The van der Waals surface area contributed by atoms with Crippen LogP contribution in [0.2, 0.25) is 0 Å². The number of carbonyl (C=O) groups excluding carboxylic acids is 1. The van der Waals surface area contributed by atoms with Crippen LogP contribution in [-0.2, 0) is 9.59 Å². The molecule has 1 saturated carbocycles. The summed E-state index contributed by atoms with van der Waals surface area (Å²) in [4.78, 5) is 24.4. The summed E-state index contributed by atoms with van der Waals surface area (Å²) < 4.78 is 0. The van der Waals surface area contributed by atoms with E-state index in [1.807, 2.05) is 12.2 Å². The smallest absolute Gasteiger partial charge is 0.319 e. The molecule has 2 rings (SSSR count).